The topological polar surface area (TPSA) is 43.6 Å². The van der Waals surface area contributed by atoms with Crippen LogP contribution in [0.4, 0.5) is 4.39 Å². The van der Waals surface area contributed by atoms with E-state index in [9.17, 15) is 4.39 Å². The van der Waals surface area contributed by atoms with E-state index in [1.165, 1.54) is 18.5 Å². The molecule has 0 radical (unpaired) electrons. The third-order valence-corrected chi connectivity index (χ3v) is 3.11. The van der Waals surface area contributed by atoms with Gasteiger partial charge in [0.05, 0.1) is 29.2 Å². The van der Waals surface area contributed by atoms with E-state index in [1.54, 1.807) is 12.3 Å². The molecular formula is C13H10ClFN4. The first-order chi connectivity index (χ1) is 9.28. The van der Waals surface area contributed by atoms with Crippen molar-refractivity contribution in [3.05, 3.63) is 54.1 Å². The van der Waals surface area contributed by atoms with Gasteiger partial charge in [0.15, 0.2) is 0 Å². The highest BCUT2D eigenvalue weighted by Gasteiger charge is 2.11. The molecule has 0 aliphatic rings. The average molecular weight is 277 g/mol. The maximum atomic E-state index is 13.4. The average Bonchev–Trinajstić information content (AvgIpc) is 2.78. The van der Waals surface area contributed by atoms with Gasteiger partial charge in [-0.2, -0.15) is 0 Å². The first-order valence-electron chi connectivity index (χ1n) is 5.73. The van der Waals surface area contributed by atoms with E-state index in [0.29, 0.717) is 17.9 Å². The molecule has 19 heavy (non-hydrogen) atoms. The molecule has 0 spiro atoms. The van der Waals surface area contributed by atoms with Crippen LogP contribution in [0, 0.1) is 5.82 Å². The predicted octanol–water partition coefficient (Wildman–Crippen LogP) is 2.75. The number of benzene rings is 1. The van der Waals surface area contributed by atoms with Crippen molar-refractivity contribution >= 4 is 22.6 Å². The molecule has 0 saturated carbocycles. The summed E-state index contributed by atoms with van der Waals surface area (Å²) in [7, 11) is 0. The number of aromatic nitrogens is 4. The van der Waals surface area contributed by atoms with Crippen LogP contribution in [-0.2, 0) is 12.4 Å². The van der Waals surface area contributed by atoms with Crippen molar-refractivity contribution in [3.8, 4) is 0 Å². The van der Waals surface area contributed by atoms with Crippen molar-refractivity contribution < 1.29 is 4.39 Å². The Morgan fingerprint density at radius 2 is 2.16 bits per heavy atom. The molecule has 0 aliphatic heterocycles. The van der Waals surface area contributed by atoms with Crippen molar-refractivity contribution in [3.63, 3.8) is 0 Å². The second-order valence-corrected chi connectivity index (χ2v) is 4.35. The van der Waals surface area contributed by atoms with Crippen LogP contribution < -0.4 is 0 Å². The van der Waals surface area contributed by atoms with Crippen LogP contribution in [0.3, 0.4) is 0 Å². The molecular weight excluding hydrogens is 267 g/mol. The molecule has 0 fully saturated rings. The van der Waals surface area contributed by atoms with E-state index in [-0.39, 0.29) is 11.7 Å². The van der Waals surface area contributed by atoms with Crippen molar-refractivity contribution in [2.75, 3.05) is 0 Å². The van der Waals surface area contributed by atoms with Gasteiger partial charge >= 0.3 is 0 Å². The molecule has 0 amide bonds. The summed E-state index contributed by atoms with van der Waals surface area (Å²) in [4.78, 5) is 12.4. The van der Waals surface area contributed by atoms with Crippen LogP contribution in [0.1, 0.15) is 11.5 Å². The van der Waals surface area contributed by atoms with Gasteiger partial charge in [0, 0.05) is 6.20 Å². The minimum absolute atomic E-state index is 0.265. The number of imidazole rings is 1. The zero-order chi connectivity index (χ0) is 13.2. The molecule has 3 aromatic rings. The molecule has 2 aromatic heterocycles. The fourth-order valence-electron chi connectivity index (χ4n) is 2.00. The van der Waals surface area contributed by atoms with Gasteiger partial charge in [0.1, 0.15) is 18.0 Å². The number of halogens is 2. The first-order valence-corrected chi connectivity index (χ1v) is 6.27. The van der Waals surface area contributed by atoms with Crippen LogP contribution in [0.5, 0.6) is 0 Å². The second kappa shape index (κ2) is 4.93. The summed E-state index contributed by atoms with van der Waals surface area (Å²) in [5.74, 6) is 0.667. The molecule has 0 bridgehead atoms. The maximum Gasteiger partial charge on any atom is 0.125 e. The van der Waals surface area contributed by atoms with Crippen LogP contribution in [-0.4, -0.2) is 19.5 Å². The normalized spacial score (nSPS) is 11.1. The van der Waals surface area contributed by atoms with Gasteiger partial charge in [-0.05, 0) is 24.3 Å². The highest BCUT2D eigenvalue weighted by Crippen LogP contribution is 2.19. The van der Waals surface area contributed by atoms with Gasteiger partial charge < -0.3 is 4.57 Å². The van der Waals surface area contributed by atoms with E-state index in [1.807, 2.05) is 10.6 Å². The quantitative estimate of drug-likeness (QED) is 0.691. The summed E-state index contributed by atoms with van der Waals surface area (Å²) in [5.41, 5.74) is 2.27. The molecule has 0 unspecified atom stereocenters. The molecule has 4 nitrogen and oxygen atoms in total. The van der Waals surface area contributed by atoms with Crippen molar-refractivity contribution in [2.24, 2.45) is 0 Å². The number of fused-ring (bicyclic) bond motifs is 1. The van der Waals surface area contributed by atoms with Crippen molar-refractivity contribution in [2.45, 2.75) is 12.4 Å². The van der Waals surface area contributed by atoms with E-state index < -0.39 is 0 Å². The Morgan fingerprint density at radius 1 is 1.26 bits per heavy atom. The fourth-order valence-corrected chi connectivity index (χ4v) is 2.20. The summed E-state index contributed by atoms with van der Waals surface area (Å²) >= 11 is 5.90. The van der Waals surface area contributed by atoms with Crippen molar-refractivity contribution in [1.82, 2.24) is 19.5 Å². The Balaban J connectivity index is 2.12. The SMILES string of the molecule is Fc1ccc2nc(CCl)n(Cc3ccncn3)c2c1. The van der Waals surface area contributed by atoms with Crippen LogP contribution in [0.2, 0.25) is 0 Å². The van der Waals surface area contributed by atoms with Crippen LogP contribution in [0.15, 0.2) is 36.8 Å². The van der Waals surface area contributed by atoms with E-state index in [4.69, 9.17) is 11.6 Å². The lowest BCUT2D eigenvalue weighted by Gasteiger charge is -2.06. The summed E-state index contributed by atoms with van der Waals surface area (Å²) in [6.07, 6.45) is 3.15. The van der Waals surface area contributed by atoms with E-state index in [0.717, 1.165) is 11.2 Å². The lowest BCUT2D eigenvalue weighted by Crippen LogP contribution is -2.05. The monoisotopic (exact) mass is 276 g/mol. The minimum Gasteiger partial charge on any atom is -0.321 e. The largest absolute Gasteiger partial charge is 0.321 e. The van der Waals surface area contributed by atoms with Gasteiger partial charge in [0.25, 0.3) is 0 Å². The summed E-state index contributed by atoms with van der Waals surface area (Å²) in [6, 6.07) is 6.31. The lowest BCUT2D eigenvalue weighted by atomic mass is 10.3. The Kier molecular flexibility index (Phi) is 3.13. The zero-order valence-electron chi connectivity index (χ0n) is 9.92. The number of hydrogen-bond acceptors (Lipinski definition) is 3. The van der Waals surface area contributed by atoms with E-state index in [2.05, 4.69) is 15.0 Å². The smallest absolute Gasteiger partial charge is 0.125 e. The summed E-state index contributed by atoms with van der Waals surface area (Å²) in [5, 5.41) is 0. The van der Waals surface area contributed by atoms with Crippen LogP contribution >= 0.6 is 11.6 Å². The Bertz CT molecular complexity index is 711. The molecule has 3 rings (SSSR count). The van der Waals surface area contributed by atoms with E-state index >= 15 is 0 Å². The summed E-state index contributed by atoms with van der Waals surface area (Å²) in [6.45, 7) is 0.491. The van der Waals surface area contributed by atoms with Crippen molar-refractivity contribution in [1.29, 1.82) is 0 Å². The van der Waals surface area contributed by atoms with Gasteiger partial charge in [-0.1, -0.05) is 0 Å². The standard InChI is InChI=1S/C13H10ClFN4/c14-6-13-18-11-2-1-9(15)5-12(11)19(13)7-10-3-4-16-8-17-10/h1-5,8H,6-7H2. The van der Waals surface area contributed by atoms with Gasteiger partial charge in [-0.3, -0.25) is 0 Å². The highest BCUT2D eigenvalue weighted by molar-refractivity contribution is 6.16. The lowest BCUT2D eigenvalue weighted by molar-refractivity contribution is 0.628. The minimum atomic E-state index is -0.294. The zero-order valence-corrected chi connectivity index (χ0v) is 10.7. The van der Waals surface area contributed by atoms with Gasteiger partial charge in [-0.25, -0.2) is 19.3 Å². The molecule has 1 aromatic carbocycles. The van der Waals surface area contributed by atoms with Crippen LogP contribution in [0.25, 0.3) is 11.0 Å². The number of rotatable bonds is 3. The molecule has 6 heteroatoms. The number of alkyl halides is 1. The summed E-state index contributed by atoms with van der Waals surface area (Å²) < 4.78 is 15.2. The molecule has 0 N–H and O–H groups in total. The van der Waals surface area contributed by atoms with Gasteiger partial charge in [-0.15, -0.1) is 11.6 Å². The Labute approximate surface area is 113 Å². The fraction of sp³-hybridized carbons (Fsp3) is 0.154. The Morgan fingerprint density at radius 3 is 2.89 bits per heavy atom. The number of nitrogens with zero attached hydrogens (tertiary/aromatic N) is 4. The molecule has 0 saturated heterocycles. The number of hydrogen-bond donors (Lipinski definition) is 0. The highest BCUT2D eigenvalue weighted by atomic mass is 35.5. The predicted molar refractivity (Wildman–Crippen MR) is 70.4 cm³/mol. The third kappa shape index (κ3) is 2.29. The maximum absolute atomic E-state index is 13.4. The first kappa shape index (κ1) is 12.0. The van der Waals surface area contributed by atoms with Gasteiger partial charge in [0.2, 0.25) is 0 Å². The third-order valence-electron chi connectivity index (χ3n) is 2.87. The Hall–Kier alpha value is -2.01. The molecule has 0 aliphatic carbocycles. The second-order valence-electron chi connectivity index (χ2n) is 4.08. The molecule has 0 atom stereocenters. The molecule has 2 heterocycles. The molecule has 96 valence electrons.